The fourth-order valence-electron chi connectivity index (χ4n) is 1.59. The number of thiophene rings is 1. The standard InChI is InChI=1S/C12H12BrNO2S2/c1-8-3-4-11(9(2)7-8)14-18(15,16)12-10(13)5-6-17-12/h3-7,14H,1-2H3. The monoisotopic (exact) mass is 345 g/mol. The van der Waals surface area contributed by atoms with E-state index in [0.29, 0.717) is 14.4 Å². The summed E-state index contributed by atoms with van der Waals surface area (Å²) in [6.45, 7) is 3.86. The summed E-state index contributed by atoms with van der Waals surface area (Å²) in [6, 6.07) is 7.33. The van der Waals surface area contributed by atoms with Gasteiger partial charge in [0.25, 0.3) is 10.0 Å². The normalized spacial score (nSPS) is 11.5. The van der Waals surface area contributed by atoms with Crippen molar-refractivity contribution in [3.63, 3.8) is 0 Å². The molecule has 3 nitrogen and oxygen atoms in total. The van der Waals surface area contributed by atoms with E-state index in [4.69, 9.17) is 0 Å². The second-order valence-electron chi connectivity index (χ2n) is 3.98. The molecule has 0 spiro atoms. The Hall–Kier alpha value is -0.850. The van der Waals surface area contributed by atoms with E-state index in [2.05, 4.69) is 20.7 Å². The molecule has 0 aliphatic rings. The van der Waals surface area contributed by atoms with Crippen molar-refractivity contribution in [1.82, 2.24) is 0 Å². The van der Waals surface area contributed by atoms with E-state index in [0.717, 1.165) is 11.1 Å². The van der Waals surface area contributed by atoms with Crippen molar-refractivity contribution >= 4 is 43.0 Å². The van der Waals surface area contributed by atoms with Gasteiger partial charge in [-0.25, -0.2) is 8.42 Å². The molecule has 0 bridgehead atoms. The zero-order valence-corrected chi connectivity index (χ0v) is 13.1. The number of hydrogen-bond acceptors (Lipinski definition) is 3. The van der Waals surface area contributed by atoms with Gasteiger partial charge in [0.1, 0.15) is 0 Å². The lowest BCUT2D eigenvalue weighted by Crippen LogP contribution is -2.12. The van der Waals surface area contributed by atoms with Crippen LogP contribution in [0.1, 0.15) is 11.1 Å². The molecule has 0 saturated carbocycles. The fraction of sp³-hybridized carbons (Fsp3) is 0.167. The van der Waals surface area contributed by atoms with Crippen LogP contribution in [0.3, 0.4) is 0 Å². The summed E-state index contributed by atoms with van der Waals surface area (Å²) in [4.78, 5) is 0. The average molecular weight is 346 g/mol. The molecule has 0 amide bonds. The first-order chi connectivity index (χ1) is 8.40. The maximum atomic E-state index is 12.2. The van der Waals surface area contributed by atoms with E-state index < -0.39 is 10.0 Å². The van der Waals surface area contributed by atoms with Gasteiger partial charge in [-0.1, -0.05) is 17.7 Å². The van der Waals surface area contributed by atoms with E-state index >= 15 is 0 Å². The van der Waals surface area contributed by atoms with Gasteiger partial charge in [-0.2, -0.15) is 0 Å². The molecular formula is C12H12BrNO2S2. The highest BCUT2D eigenvalue weighted by atomic mass is 79.9. The maximum Gasteiger partial charge on any atom is 0.272 e. The van der Waals surface area contributed by atoms with Crippen LogP contribution in [0.2, 0.25) is 0 Å². The molecule has 2 rings (SSSR count). The summed E-state index contributed by atoms with van der Waals surface area (Å²) in [5.41, 5.74) is 2.62. The van der Waals surface area contributed by atoms with Crippen LogP contribution in [-0.2, 0) is 10.0 Å². The van der Waals surface area contributed by atoms with Crippen molar-refractivity contribution in [3.05, 3.63) is 45.2 Å². The van der Waals surface area contributed by atoms with Gasteiger partial charge in [-0.3, -0.25) is 4.72 Å². The zero-order chi connectivity index (χ0) is 13.3. The lowest BCUT2D eigenvalue weighted by Gasteiger charge is -2.10. The fourth-order valence-corrected chi connectivity index (χ4v) is 5.06. The number of rotatable bonds is 3. The number of benzene rings is 1. The molecule has 0 saturated heterocycles. The van der Waals surface area contributed by atoms with Crippen LogP contribution in [0, 0.1) is 13.8 Å². The lowest BCUT2D eigenvalue weighted by atomic mass is 10.1. The molecule has 0 radical (unpaired) electrons. The largest absolute Gasteiger partial charge is 0.279 e. The number of anilines is 1. The van der Waals surface area contributed by atoms with Gasteiger partial charge >= 0.3 is 0 Å². The van der Waals surface area contributed by atoms with Gasteiger partial charge in [0, 0.05) is 4.47 Å². The molecule has 1 aromatic heterocycles. The molecule has 1 N–H and O–H groups in total. The first-order valence-electron chi connectivity index (χ1n) is 5.23. The Morgan fingerprint density at radius 2 is 1.94 bits per heavy atom. The van der Waals surface area contributed by atoms with Crippen LogP contribution in [0.25, 0.3) is 0 Å². The molecular weight excluding hydrogens is 334 g/mol. The molecule has 6 heteroatoms. The van der Waals surface area contributed by atoms with E-state index in [1.54, 1.807) is 17.5 Å². The number of nitrogens with one attached hydrogen (secondary N) is 1. The predicted molar refractivity (Wildman–Crippen MR) is 78.7 cm³/mol. The quantitative estimate of drug-likeness (QED) is 0.915. The molecule has 1 heterocycles. The molecule has 1 aromatic carbocycles. The van der Waals surface area contributed by atoms with E-state index in [1.807, 2.05) is 26.0 Å². The van der Waals surface area contributed by atoms with Crippen molar-refractivity contribution in [1.29, 1.82) is 0 Å². The average Bonchev–Trinajstić information content (AvgIpc) is 2.69. The maximum absolute atomic E-state index is 12.2. The van der Waals surface area contributed by atoms with Crippen LogP contribution in [0.5, 0.6) is 0 Å². The minimum atomic E-state index is -3.51. The topological polar surface area (TPSA) is 46.2 Å². The van der Waals surface area contributed by atoms with Crippen molar-refractivity contribution in [2.45, 2.75) is 18.1 Å². The van der Waals surface area contributed by atoms with Crippen LogP contribution in [0.15, 0.2) is 38.3 Å². The molecule has 0 unspecified atom stereocenters. The Bertz CT molecular complexity index is 677. The first kappa shape index (κ1) is 13.6. The van der Waals surface area contributed by atoms with Gasteiger partial charge in [0.2, 0.25) is 0 Å². The molecule has 96 valence electrons. The Morgan fingerprint density at radius 1 is 1.22 bits per heavy atom. The number of halogens is 1. The SMILES string of the molecule is Cc1ccc(NS(=O)(=O)c2sccc2Br)c(C)c1. The summed E-state index contributed by atoms with van der Waals surface area (Å²) < 4.78 is 27.9. The summed E-state index contributed by atoms with van der Waals surface area (Å²) >= 11 is 4.42. The molecule has 0 aliphatic heterocycles. The Morgan fingerprint density at radius 3 is 2.50 bits per heavy atom. The molecule has 0 fully saturated rings. The van der Waals surface area contributed by atoms with Gasteiger partial charge < -0.3 is 0 Å². The minimum absolute atomic E-state index is 0.294. The number of aryl methyl sites for hydroxylation is 2. The van der Waals surface area contributed by atoms with Gasteiger partial charge in [-0.05, 0) is 52.9 Å². The third-order valence-electron chi connectivity index (χ3n) is 2.45. The van der Waals surface area contributed by atoms with Crippen LogP contribution < -0.4 is 4.72 Å². The van der Waals surface area contributed by atoms with Crippen molar-refractivity contribution in [3.8, 4) is 0 Å². The first-order valence-corrected chi connectivity index (χ1v) is 8.39. The van der Waals surface area contributed by atoms with Crippen LogP contribution in [-0.4, -0.2) is 8.42 Å². The Labute approximate surface area is 119 Å². The van der Waals surface area contributed by atoms with Crippen LogP contribution >= 0.6 is 27.3 Å². The minimum Gasteiger partial charge on any atom is -0.279 e. The predicted octanol–water partition coefficient (Wildman–Crippen LogP) is 3.93. The smallest absolute Gasteiger partial charge is 0.272 e. The van der Waals surface area contributed by atoms with E-state index in [9.17, 15) is 8.42 Å². The van der Waals surface area contributed by atoms with E-state index in [1.165, 1.54) is 11.3 Å². The van der Waals surface area contributed by atoms with Gasteiger partial charge in [-0.15, -0.1) is 11.3 Å². The van der Waals surface area contributed by atoms with Crippen molar-refractivity contribution in [2.75, 3.05) is 4.72 Å². The molecule has 0 atom stereocenters. The highest BCUT2D eigenvalue weighted by molar-refractivity contribution is 9.10. The summed E-state index contributed by atoms with van der Waals surface area (Å²) in [5, 5.41) is 1.74. The highest BCUT2D eigenvalue weighted by Crippen LogP contribution is 2.30. The second kappa shape index (κ2) is 5.03. The zero-order valence-electron chi connectivity index (χ0n) is 9.90. The third-order valence-corrected chi connectivity index (χ3v) is 6.49. The molecule has 2 aromatic rings. The van der Waals surface area contributed by atoms with Crippen molar-refractivity contribution in [2.24, 2.45) is 0 Å². The van der Waals surface area contributed by atoms with Crippen molar-refractivity contribution < 1.29 is 8.42 Å². The Balaban J connectivity index is 2.37. The highest BCUT2D eigenvalue weighted by Gasteiger charge is 2.19. The van der Waals surface area contributed by atoms with E-state index in [-0.39, 0.29) is 0 Å². The second-order valence-corrected chi connectivity index (χ2v) is 7.63. The molecule has 18 heavy (non-hydrogen) atoms. The van der Waals surface area contributed by atoms with Gasteiger partial charge in [0.05, 0.1) is 5.69 Å². The van der Waals surface area contributed by atoms with Crippen LogP contribution in [0.4, 0.5) is 5.69 Å². The summed E-state index contributed by atoms with van der Waals surface area (Å²) in [5.74, 6) is 0. The number of sulfonamides is 1. The number of hydrogen-bond donors (Lipinski definition) is 1. The Kier molecular flexibility index (Phi) is 3.79. The van der Waals surface area contributed by atoms with Gasteiger partial charge in [0.15, 0.2) is 4.21 Å². The summed E-state index contributed by atoms with van der Waals surface area (Å²) in [6.07, 6.45) is 0. The lowest BCUT2D eigenvalue weighted by molar-refractivity contribution is 0.603. The molecule has 0 aliphatic carbocycles. The third kappa shape index (κ3) is 2.76. The summed E-state index contributed by atoms with van der Waals surface area (Å²) in [7, 11) is -3.51.